The highest BCUT2D eigenvalue weighted by atomic mass is 32.2. The van der Waals surface area contributed by atoms with Gasteiger partial charge < -0.3 is 5.32 Å². The molecule has 1 N–H and O–H groups in total. The second-order valence-corrected chi connectivity index (χ2v) is 6.57. The molecule has 5 heteroatoms. The summed E-state index contributed by atoms with van der Waals surface area (Å²) in [6, 6.07) is 10.6. The van der Waals surface area contributed by atoms with Gasteiger partial charge in [0.2, 0.25) is 0 Å². The predicted octanol–water partition coefficient (Wildman–Crippen LogP) is 3.26. The number of thioether (sulfide) groups is 1. The maximum atomic E-state index is 12.5. The van der Waals surface area contributed by atoms with Crippen LogP contribution < -0.4 is 5.32 Å². The van der Waals surface area contributed by atoms with Gasteiger partial charge in [0.15, 0.2) is 5.69 Å². The zero-order chi connectivity index (χ0) is 15.4. The van der Waals surface area contributed by atoms with Crippen LogP contribution in [-0.2, 0) is 0 Å². The van der Waals surface area contributed by atoms with Crippen LogP contribution in [0.2, 0.25) is 0 Å². The Morgan fingerprint density at radius 2 is 2.00 bits per heavy atom. The third kappa shape index (κ3) is 3.14. The second kappa shape index (κ2) is 6.92. The number of nitrogens with zero attached hydrogens (tertiary/aromatic N) is 2. The van der Waals surface area contributed by atoms with E-state index in [1.54, 1.807) is 24.2 Å². The molecule has 4 nitrogen and oxygen atoms in total. The standard InChI is InChI=1S/C17H19N3OS/c1-2-22-17-15(18-10-11-19-17)16(21)20-14-9-8-13(14)12-6-4-3-5-7-12/h3-7,10-11,13-14H,2,8-9H2,1H3,(H,20,21)/t13-,14-/m1/s1. The fraction of sp³-hybridized carbons (Fsp3) is 0.353. The number of hydrogen-bond donors (Lipinski definition) is 1. The molecular formula is C17H19N3OS. The minimum Gasteiger partial charge on any atom is -0.347 e. The first kappa shape index (κ1) is 15.0. The van der Waals surface area contributed by atoms with E-state index < -0.39 is 0 Å². The van der Waals surface area contributed by atoms with Crippen molar-refractivity contribution in [3.63, 3.8) is 0 Å². The number of hydrogen-bond acceptors (Lipinski definition) is 4. The Morgan fingerprint density at radius 3 is 2.68 bits per heavy atom. The number of nitrogens with one attached hydrogen (secondary N) is 1. The summed E-state index contributed by atoms with van der Waals surface area (Å²) < 4.78 is 0. The van der Waals surface area contributed by atoms with Crippen LogP contribution in [0.25, 0.3) is 0 Å². The molecule has 0 saturated heterocycles. The van der Waals surface area contributed by atoms with Gasteiger partial charge in [0, 0.05) is 24.4 Å². The Bertz CT molecular complexity index is 647. The molecule has 3 rings (SSSR count). The van der Waals surface area contributed by atoms with Gasteiger partial charge in [0.05, 0.1) is 0 Å². The molecule has 1 saturated carbocycles. The van der Waals surface area contributed by atoms with Gasteiger partial charge in [-0.2, -0.15) is 0 Å². The summed E-state index contributed by atoms with van der Waals surface area (Å²) in [7, 11) is 0. The highest BCUT2D eigenvalue weighted by Gasteiger charge is 2.33. The van der Waals surface area contributed by atoms with E-state index in [2.05, 4.69) is 27.4 Å². The van der Waals surface area contributed by atoms with Crippen LogP contribution in [0.3, 0.4) is 0 Å². The fourth-order valence-electron chi connectivity index (χ4n) is 2.73. The summed E-state index contributed by atoms with van der Waals surface area (Å²) in [5, 5.41) is 3.83. The molecule has 1 aromatic heterocycles. The summed E-state index contributed by atoms with van der Waals surface area (Å²) >= 11 is 1.55. The lowest BCUT2D eigenvalue weighted by molar-refractivity contribution is 0.0895. The van der Waals surface area contributed by atoms with Crippen molar-refractivity contribution >= 4 is 17.7 Å². The molecule has 0 bridgehead atoms. The van der Waals surface area contributed by atoms with Crippen LogP contribution in [0.1, 0.15) is 41.7 Å². The number of rotatable bonds is 5. The van der Waals surface area contributed by atoms with Gasteiger partial charge in [-0.25, -0.2) is 9.97 Å². The van der Waals surface area contributed by atoms with Crippen molar-refractivity contribution in [2.75, 3.05) is 5.75 Å². The van der Waals surface area contributed by atoms with Crippen molar-refractivity contribution in [2.45, 2.75) is 36.8 Å². The van der Waals surface area contributed by atoms with E-state index in [4.69, 9.17) is 0 Å². The highest BCUT2D eigenvalue weighted by Crippen LogP contribution is 2.37. The largest absolute Gasteiger partial charge is 0.347 e. The molecule has 1 aliphatic rings. The molecule has 22 heavy (non-hydrogen) atoms. The Kier molecular flexibility index (Phi) is 4.73. The molecular weight excluding hydrogens is 294 g/mol. The molecule has 1 aromatic carbocycles. The monoisotopic (exact) mass is 313 g/mol. The van der Waals surface area contributed by atoms with Crippen LogP contribution in [0.5, 0.6) is 0 Å². The van der Waals surface area contributed by atoms with Crippen LogP contribution >= 0.6 is 11.8 Å². The van der Waals surface area contributed by atoms with Crippen LogP contribution in [0, 0.1) is 0 Å². The van der Waals surface area contributed by atoms with Crippen LogP contribution in [0.15, 0.2) is 47.8 Å². The minimum absolute atomic E-state index is 0.116. The average Bonchev–Trinajstić information content (AvgIpc) is 2.53. The van der Waals surface area contributed by atoms with E-state index in [0.717, 1.165) is 18.6 Å². The molecule has 114 valence electrons. The summed E-state index contributed by atoms with van der Waals surface area (Å²) in [6.07, 6.45) is 5.34. The number of carbonyl (C=O) groups excluding carboxylic acids is 1. The summed E-state index contributed by atoms with van der Waals surface area (Å²) in [5.41, 5.74) is 1.73. The van der Waals surface area contributed by atoms with Gasteiger partial charge in [-0.3, -0.25) is 4.79 Å². The third-order valence-electron chi connectivity index (χ3n) is 3.98. The molecule has 0 spiro atoms. The van der Waals surface area contributed by atoms with Crippen molar-refractivity contribution < 1.29 is 4.79 Å². The quantitative estimate of drug-likeness (QED) is 0.861. The highest BCUT2D eigenvalue weighted by molar-refractivity contribution is 7.99. The SMILES string of the molecule is CCSc1nccnc1C(=O)N[C@@H]1CC[C@@H]1c1ccccc1. The maximum absolute atomic E-state index is 12.5. The molecule has 0 aliphatic heterocycles. The van der Waals surface area contributed by atoms with Gasteiger partial charge in [-0.1, -0.05) is 37.3 Å². The van der Waals surface area contributed by atoms with E-state index in [1.807, 2.05) is 25.1 Å². The van der Waals surface area contributed by atoms with Crippen LogP contribution in [-0.4, -0.2) is 27.7 Å². The minimum atomic E-state index is -0.116. The molecule has 0 radical (unpaired) electrons. The van der Waals surface area contributed by atoms with E-state index in [1.165, 1.54) is 5.56 Å². The topological polar surface area (TPSA) is 54.9 Å². The van der Waals surface area contributed by atoms with Crippen LogP contribution in [0.4, 0.5) is 0 Å². The van der Waals surface area contributed by atoms with Crippen molar-refractivity contribution in [2.24, 2.45) is 0 Å². The Labute approximate surface area is 134 Å². The first-order valence-corrected chi connectivity index (χ1v) is 8.57. The zero-order valence-corrected chi connectivity index (χ0v) is 13.3. The third-order valence-corrected chi connectivity index (χ3v) is 4.84. The first-order valence-electron chi connectivity index (χ1n) is 7.59. The Hall–Kier alpha value is -1.88. The lowest BCUT2D eigenvalue weighted by Crippen LogP contribution is -2.45. The van der Waals surface area contributed by atoms with Crippen molar-refractivity contribution in [3.05, 3.63) is 54.0 Å². The van der Waals surface area contributed by atoms with Gasteiger partial charge in [0.1, 0.15) is 5.03 Å². The molecule has 2 atom stereocenters. The molecule has 2 aromatic rings. The lowest BCUT2D eigenvalue weighted by Gasteiger charge is -2.37. The number of aromatic nitrogens is 2. The second-order valence-electron chi connectivity index (χ2n) is 5.32. The van der Waals surface area contributed by atoms with E-state index in [0.29, 0.717) is 16.6 Å². The predicted molar refractivity (Wildman–Crippen MR) is 88.1 cm³/mol. The zero-order valence-electron chi connectivity index (χ0n) is 12.5. The molecule has 1 fully saturated rings. The number of amides is 1. The Balaban J connectivity index is 1.70. The molecule has 0 unspecified atom stereocenters. The fourth-order valence-corrected chi connectivity index (χ4v) is 3.42. The van der Waals surface area contributed by atoms with Gasteiger partial charge in [-0.05, 0) is 24.2 Å². The van der Waals surface area contributed by atoms with Gasteiger partial charge in [0.25, 0.3) is 5.91 Å². The smallest absolute Gasteiger partial charge is 0.272 e. The number of carbonyl (C=O) groups is 1. The number of benzene rings is 1. The van der Waals surface area contributed by atoms with E-state index in [9.17, 15) is 4.79 Å². The van der Waals surface area contributed by atoms with Crippen molar-refractivity contribution in [3.8, 4) is 0 Å². The van der Waals surface area contributed by atoms with Crippen molar-refractivity contribution in [1.29, 1.82) is 0 Å². The normalized spacial score (nSPS) is 20.2. The van der Waals surface area contributed by atoms with E-state index >= 15 is 0 Å². The summed E-state index contributed by atoms with van der Waals surface area (Å²) in [4.78, 5) is 21.0. The molecule has 1 aliphatic carbocycles. The first-order chi connectivity index (χ1) is 10.8. The van der Waals surface area contributed by atoms with Gasteiger partial charge >= 0.3 is 0 Å². The maximum Gasteiger partial charge on any atom is 0.272 e. The molecule has 1 heterocycles. The van der Waals surface area contributed by atoms with Crippen molar-refractivity contribution in [1.82, 2.24) is 15.3 Å². The van der Waals surface area contributed by atoms with E-state index in [-0.39, 0.29) is 11.9 Å². The Morgan fingerprint density at radius 1 is 1.23 bits per heavy atom. The lowest BCUT2D eigenvalue weighted by atomic mass is 9.75. The summed E-state index contributed by atoms with van der Waals surface area (Å²) in [6.45, 7) is 2.04. The summed E-state index contributed by atoms with van der Waals surface area (Å²) in [5.74, 6) is 1.16. The average molecular weight is 313 g/mol. The van der Waals surface area contributed by atoms with Gasteiger partial charge in [-0.15, -0.1) is 11.8 Å². The molecule has 1 amide bonds.